The number of nitrogens with one attached hydrogen (secondary N) is 2. The Labute approximate surface area is 66.3 Å². The molecular weight excluding hydrogens is 147 g/mol. The van der Waals surface area contributed by atoms with Gasteiger partial charge in [-0.1, -0.05) is 0 Å². The van der Waals surface area contributed by atoms with E-state index < -0.39 is 0 Å². The first-order valence-corrected chi connectivity index (χ1v) is 4.02. The second-order valence-corrected chi connectivity index (χ2v) is 2.59. The molecule has 3 nitrogen and oxygen atoms in total. The van der Waals surface area contributed by atoms with Gasteiger partial charge in [0.1, 0.15) is 6.67 Å². The predicted molar refractivity (Wildman–Crippen MR) is 41.5 cm³/mol. The molecule has 0 radical (unpaired) electrons. The van der Waals surface area contributed by atoms with Crippen molar-refractivity contribution in [1.82, 2.24) is 10.6 Å². The van der Waals surface area contributed by atoms with Crippen LogP contribution in [-0.2, 0) is 4.74 Å². The lowest BCUT2D eigenvalue weighted by Crippen LogP contribution is -2.44. The molecule has 1 rings (SSSR count). The Kier molecular flexibility index (Phi) is 4.42. The number of halogens is 1. The van der Waals surface area contributed by atoms with Crippen molar-refractivity contribution in [2.24, 2.45) is 0 Å². The number of rotatable bonds is 4. The second-order valence-electron chi connectivity index (χ2n) is 2.59. The average Bonchev–Trinajstić information content (AvgIpc) is 2.07. The van der Waals surface area contributed by atoms with Gasteiger partial charge in [-0.25, -0.2) is 4.39 Å². The van der Waals surface area contributed by atoms with Crippen LogP contribution in [0.3, 0.4) is 0 Å². The number of hydrogen-bond donors (Lipinski definition) is 2. The first-order valence-electron chi connectivity index (χ1n) is 4.02. The molecule has 1 fully saturated rings. The highest BCUT2D eigenvalue weighted by atomic mass is 19.1. The maximum Gasteiger partial charge on any atom is 0.102 e. The van der Waals surface area contributed by atoms with Crippen LogP contribution in [0.4, 0.5) is 4.39 Å². The zero-order valence-corrected chi connectivity index (χ0v) is 6.61. The summed E-state index contributed by atoms with van der Waals surface area (Å²) in [5.41, 5.74) is 0. The molecule has 66 valence electrons. The van der Waals surface area contributed by atoms with E-state index in [1.54, 1.807) is 0 Å². The van der Waals surface area contributed by atoms with E-state index in [4.69, 9.17) is 4.74 Å². The highest BCUT2D eigenvalue weighted by molar-refractivity contribution is 4.68. The molecule has 0 aromatic heterocycles. The Hall–Kier alpha value is -0.190. The van der Waals surface area contributed by atoms with Crippen LogP contribution in [-0.4, -0.2) is 45.6 Å². The van der Waals surface area contributed by atoms with Crippen molar-refractivity contribution in [2.75, 3.05) is 39.5 Å². The number of hydrogen-bond acceptors (Lipinski definition) is 3. The van der Waals surface area contributed by atoms with Gasteiger partial charge in [0, 0.05) is 26.2 Å². The number of alkyl halides is 1. The predicted octanol–water partition coefficient (Wildman–Crippen LogP) is -0.466. The van der Waals surface area contributed by atoms with Crippen molar-refractivity contribution in [3.63, 3.8) is 0 Å². The van der Waals surface area contributed by atoms with Gasteiger partial charge in [-0.15, -0.1) is 0 Å². The van der Waals surface area contributed by atoms with Gasteiger partial charge in [0.2, 0.25) is 0 Å². The third kappa shape index (κ3) is 3.65. The molecule has 0 aromatic rings. The van der Waals surface area contributed by atoms with Gasteiger partial charge in [-0.2, -0.15) is 0 Å². The number of morpholine rings is 1. The molecular formula is C7H15FN2O. The molecule has 0 amide bonds. The molecule has 1 saturated heterocycles. The van der Waals surface area contributed by atoms with Crippen molar-refractivity contribution >= 4 is 0 Å². The van der Waals surface area contributed by atoms with Gasteiger partial charge in [-0.3, -0.25) is 0 Å². The van der Waals surface area contributed by atoms with Gasteiger partial charge in [0.15, 0.2) is 0 Å². The lowest BCUT2D eigenvalue weighted by Gasteiger charge is -2.23. The Bertz CT molecular complexity index is 96.4. The minimum absolute atomic E-state index is 0.218. The fraction of sp³-hybridized carbons (Fsp3) is 1.00. The van der Waals surface area contributed by atoms with E-state index in [2.05, 4.69) is 10.6 Å². The van der Waals surface area contributed by atoms with Crippen molar-refractivity contribution < 1.29 is 9.13 Å². The largest absolute Gasteiger partial charge is 0.374 e. The molecule has 1 heterocycles. The summed E-state index contributed by atoms with van der Waals surface area (Å²) in [4.78, 5) is 0. The van der Waals surface area contributed by atoms with Crippen LogP contribution < -0.4 is 10.6 Å². The van der Waals surface area contributed by atoms with E-state index in [0.29, 0.717) is 6.54 Å². The molecule has 0 spiro atoms. The minimum Gasteiger partial charge on any atom is -0.374 e. The van der Waals surface area contributed by atoms with Crippen LogP contribution in [0.5, 0.6) is 0 Å². The molecule has 1 unspecified atom stereocenters. The Balaban J connectivity index is 1.96. The summed E-state index contributed by atoms with van der Waals surface area (Å²) in [7, 11) is 0. The molecule has 4 heteroatoms. The quantitative estimate of drug-likeness (QED) is 0.548. The van der Waals surface area contributed by atoms with Gasteiger partial charge in [0.05, 0.1) is 12.7 Å². The van der Waals surface area contributed by atoms with E-state index in [-0.39, 0.29) is 12.8 Å². The average molecular weight is 162 g/mol. The second kappa shape index (κ2) is 5.46. The third-order valence-corrected chi connectivity index (χ3v) is 1.65. The van der Waals surface area contributed by atoms with Gasteiger partial charge >= 0.3 is 0 Å². The maximum atomic E-state index is 11.6. The topological polar surface area (TPSA) is 33.3 Å². The summed E-state index contributed by atoms with van der Waals surface area (Å²) in [6.07, 6.45) is 0.218. The van der Waals surface area contributed by atoms with Crippen LogP contribution in [0.25, 0.3) is 0 Å². The van der Waals surface area contributed by atoms with E-state index in [1.165, 1.54) is 0 Å². The molecule has 1 aliphatic heterocycles. The molecule has 0 aromatic carbocycles. The summed E-state index contributed by atoms with van der Waals surface area (Å²) in [6.45, 7) is 3.44. The first-order chi connectivity index (χ1) is 5.43. The van der Waals surface area contributed by atoms with E-state index >= 15 is 0 Å². The van der Waals surface area contributed by atoms with Crippen molar-refractivity contribution in [1.29, 1.82) is 0 Å². The molecule has 1 atom stereocenters. The molecule has 0 saturated carbocycles. The Morgan fingerprint density at radius 1 is 1.64 bits per heavy atom. The van der Waals surface area contributed by atoms with E-state index in [9.17, 15) is 4.39 Å². The van der Waals surface area contributed by atoms with Crippen molar-refractivity contribution in [2.45, 2.75) is 6.10 Å². The Morgan fingerprint density at radius 2 is 2.55 bits per heavy atom. The monoisotopic (exact) mass is 162 g/mol. The summed E-state index contributed by atoms with van der Waals surface area (Å²) in [6, 6.07) is 0. The molecule has 0 aliphatic carbocycles. The van der Waals surface area contributed by atoms with Crippen LogP contribution >= 0.6 is 0 Å². The standard InChI is InChI=1S/C7H15FN2O/c8-1-2-9-5-7-6-10-3-4-11-7/h7,9-10H,1-6H2. The van der Waals surface area contributed by atoms with Crippen molar-refractivity contribution in [3.8, 4) is 0 Å². The number of ether oxygens (including phenoxy) is 1. The maximum absolute atomic E-state index is 11.6. The Morgan fingerprint density at radius 3 is 3.18 bits per heavy atom. The van der Waals surface area contributed by atoms with E-state index in [0.717, 1.165) is 26.2 Å². The van der Waals surface area contributed by atoms with Crippen LogP contribution in [0.2, 0.25) is 0 Å². The highest BCUT2D eigenvalue weighted by Crippen LogP contribution is 1.92. The van der Waals surface area contributed by atoms with Gasteiger partial charge in [0.25, 0.3) is 0 Å². The summed E-state index contributed by atoms with van der Waals surface area (Å²) in [5.74, 6) is 0. The van der Waals surface area contributed by atoms with Crippen molar-refractivity contribution in [3.05, 3.63) is 0 Å². The molecule has 0 bridgehead atoms. The highest BCUT2D eigenvalue weighted by Gasteiger charge is 2.11. The zero-order valence-electron chi connectivity index (χ0n) is 6.61. The molecule has 1 aliphatic rings. The van der Waals surface area contributed by atoms with Crippen LogP contribution in [0.1, 0.15) is 0 Å². The summed E-state index contributed by atoms with van der Waals surface area (Å²) < 4.78 is 17.0. The molecule has 11 heavy (non-hydrogen) atoms. The van der Waals surface area contributed by atoms with Gasteiger partial charge < -0.3 is 15.4 Å². The fourth-order valence-electron chi connectivity index (χ4n) is 1.08. The first kappa shape index (κ1) is 8.90. The third-order valence-electron chi connectivity index (χ3n) is 1.65. The summed E-state index contributed by atoms with van der Waals surface area (Å²) in [5, 5.41) is 6.17. The normalized spacial score (nSPS) is 25.4. The fourth-order valence-corrected chi connectivity index (χ4v) is 1.08. The lowest BCUT2D eigenvalue weighted by atomic mass is 10.3. The van der Waals surface area contributed by atoms with Crippen LogP contribution in [0.15, 0.2) is 0 Å². The smallest absolute Gasteiger partial charge is 0.102 e. The SMILES string of the molecule is FCCNCC1CNCCO1. The zero-order chi connectivity index (χ0) is 7.94. The summed E-state index contributed by atoms with van der Waals surface area (Å²) >= 11 is 0. The minimum atomic E-state index is -0.305. The lowest BCUT2D eigenvalue weighted by molar-refractivity contribution is 0.0292. The van der Waals surface area contributed by atoms with Gasteiger partial charge in [-0.05, 0) is 0 Å². The van der Waals surface area contributed by atoms with Crippen LogP contribution in [0, 0.1) is 0 Å². The van der Waals surface area contributed by atoms with E-state index in [1.807, 2.05) is 0 Å². The molecule has 2 N–H and O–H groups in total.